The van der Waals surface area contributed by atoms with Gasteiger partial charge in [-0.25, -0.2) is 0 Å². The highest BCUT2D eigenvalue weighted by Gasteiger charge is 2.37. The lowest BCUT2D eigenvalue weighted by Crippen LogP contribution is -2.53. The number of nitrogens with zero attached hydrogens (tertiary/aromatic N) is 1. The highest BCUT2D eigenvalue weighted by atomic mass is 16.5. The molecule has 3 aliphatic rings. The van der Waals surface area contributed by atoms with Gasteiger partial charge in [0.25, 0.3) is 0 Å². The molecule has 1 saturated heterocycles. The van der Waals surface area contributed by atoms with Gasteiger partial charge in [-0.1, -0.05) is 19.3 Å². The van der Waals surface area contributed by atoms with E-state index in [0.717, 1.165) is 25.6 Å². The van der Waals surface area contributed by atoms with Gasteiger partial charge in [0.2, 0.25) is 0 Å². The van der Waals surface area contributed by atoms with Gasteiger partial charge in [0, 0.05) is 25.2 Å². The van der Waals surface area contributed by atoms with Crippen molar-refractivity contribution in [3.63, 3.8) is 0 Å². The maximum atomic E-state index is 6.48. The maximum absolute atomic E-state index is 6.48. The molecule has 3 atom stereocenters. The van der Waals surface area contributed by atoms with E-state index in [9.17, 15) is 0 Å². The van der Waals surface area contributed by atoms with Crippen LogP contribution in [0, 0.1) is 5.92 Å². The first-order valence-electron chi connectivity index (χ1n) is 7.96. The van der Waals surface area contributed by atoms with Crippen molar-refractivity contribution in [3.8, 4) is 0 Å². The summed E-state index contributed by atoms with van der Waals surface area (Å²) in [5, 5.41) is 0. The summed E-state index contributed by atoms with van der Waals surface area (Å²) in [4.78, 5) is 2.64. The van der Waals surface area contributed by atoms with Crippen molar-refractivity contribution in [2.24, 2.45) is 11.7 Å². The molecule has 0 spiro atoms. The van der Waals surface area contributed by atoms with Gasteiger partial charge >= 0.3 is 0 Å². The molecule has 1 heterocycles. The first-order valence-corrected chi connectivity index (χ1v) is 7.96. The lowest BCUT2D eigenvalue weighted by Gasteiger charge is -2.40. The Bertz CT molecular complexity index is 265. The van der Waals surface area contributed by atoms with Crippen LogP contribution in [0.15, 0.2) is 0 Å². The Morgan fingerprint density at radius 2 is 1.89 bits per heavy atom. The van der Waals surface area contributed by atoms with Crippen LogP contribution in [0.2, 0.25) is 0 Å². The van der Waals surface area contributed by atoms with E-state index >= 15 is 0 Å². The van der Waals surface area contributed by atoms with Gasteiger partial charge in [0.15, 0.2) is 0 Å². The molecule has 0 amide bonds. The minimum atomic E-state index is 0.393. The molecule has 2 N–H and O–H groups in total. The Labute approximate surface area is 111 Å². The second-order valence-corrected chi connectivity index (χ2v) is 6.46. The van der Waals surface area contributed by atoms with Crippen molar-refractivity contribution in [2.75, 3.05) is 19.7 Å². The van der Waals surface area contributed by atoms with Crippen LogP contribution in [0.5, 0.6) is 0 Å². The third-order valence-corrected chi connectivity index (χ3v) is 5.30. The number of fused-ring (bicyclic) bond motifs is 1. The van der Waals surface area contributed by atoms with Gasteiger partial charge in [-0.05, 0) is 38.0 Å². The van der Waals surface area contributed by atoms with E-state index in [4.69, 9.17) is 10.5 Å². The minimum absolute atomic E-state index is 0.393. The van der Waals surface area contributed by atoms with Gasteiger partial charge in [0.1, 0.15) is 0 Å². The molecule has 3 nitrogen and oxygen atoms in total. The molecule has 104 valence electrons. The van der Waals surface area contributed by atoms with Crippen molar-refractivity contribution >= 4 is 0 Å². The predicted octanol–water partition coefficient (Wildman–Crippen LogP) is 2.15. The second kappa shape index (κ2) is 5.89. The van der Waals surface area contributed by atoms with E-state index in [1.807, 2.05) is 0 Å². The lowest BCUT2D eigenvalue weighted by molar-refractivity contribution is -0.0590. The summed E-state index contributed by atoms with van der Waals surface area (Å²) in [6.07, 6.45) is 11.4. The predicted molar refractivity (Wildman–Crippen MR) is 73.5 cm³/mol. The Morgan fingerprint density at radius 3 is 2.72 bits per heavy atom. The molecule has 2 saturated carbocycles. The molecule has 0 aromatic heterocycles. The Morgan fingerprint density at radius 1 is 1.06 bits per heavy atom. The maximum Gasteiger partial charge on any atom is 0.0730 e. The van der Waals surface area contributed by atoms with Crippen LogP contribution in [-0.2, 0) is 4.74 Å². The normalized spacial score (nSPS) is 36.5. The zero-order chi connectivity index (χ0) is 12.4. The van der Waals surface area contributed by atoms with Gasteiger partial charge in [-0.2, -0.15) is 0 Å². The molecule has 3 fully saturated rings. The van der Waals surface area contributed by atoms with Crippen LogP contribution >= 0.6 is 0 Å². The van der Waals surface area contributed by atoms with E-state index in [-0.39, 0.29) is 0 Å². The van der Waals surface area contributed by atoms with Crippen molar-refractivity contribution in [3.05, 3.63) is 0 Å². The van der Waals surface area contributed by atoms with E-state index < -0.39 is 0 Å². The van der Waals surface area contributed by atoms with Crippen molar-refractivity contribution in [2.45, 2.75) is 69.6 Å². The van der Waals surface area contributed by atoms with Gasteiger partial charge < -0.3 is 10.5 Å². The topological polar surface area (TPSA) is 38.5 Å². The molecule has 18 heavy (non-hydrogen) atoms. The summed E-state index contributed by atoms with van der Waals surface area (Å²) in [6.45, 7) is 3.12. The van der Waals surface area contributed by atoms with E-state index in [1.165, 1.54) is 51.4 Å². The minimum Gasteiger partial charge on any atom is -0.375 e. The molecule has 1 aliphatic heterocycles. The molecule has 0 aromatic rings. The quantitative estimate of drug-likeness (QED) is 0.836. The number of rotatable bonds is 3. The standard InChI is InChI=1S/C15H28N2O/c16-13(12-5-2-1-3-6-12)11-17-9-10-18-15-8-4-7-14(15)17/h12-15H,1-11,16H2. The summed E-state index contributed by atoms with van der Waals surface area (Å²) in [7, 11) is 0. The number of ether oxygens (including phenoxy) is 1. The smallest absolute Gasteiger partial charge is 0.0730 e. The van der Waals surface area contributed by atoms with Crippen LogP contribution in [0.25, 0.3) is 0 Å². The second-order valence-electron chi connectivity index (χ2n) is 6.46. The summed E-state index contributed by atoms with van der Waals surface area (Å²) < 4.78 is 5.88. The molecule has 0 radical (unpaired) electrons. The van der Waals surface area contributed by atoms with Crippen LogP contribution in [0.1, 0.15) is 51.4 Å². The van der Waals surface area contributed by atoms with Crippen LogP contribution in [0.3, 0.4) is 0 Å². The molecule has 0 bridgehead atoms. The monoisotopic (exact) mass is 252 g/mol. The number of hydrogen-bond donors (Lipinski definition) is 1. The Balaban J connectivity index is 1.54. The zero-order valence-electron chi connectivity index (χ0n) is 11.5. The average Bonchev–Trinajstić information content (AvgIpc) is 2.89. The highest BCUT2D eigenvalue weighted by Crippen LogP contribution is 2.31. The third kappa shape index (κ3) is 2.73. The van der Waals surface area contributed by atoms with E-state index in [1.54, 1.807) is 0 Å². The fraction of sp³-hybridized carbons (Fsp3) is 1.00. The van der Waals surface area contributed by atoms with Crippen molar-refractivity contribution in [1.29, 1.82) is 0 Å². The molecular weight excluding hydrogens is 224 g/mol. The summed E-state index contributed by atoms with van der Waals surface area (Å²) in [5.74, 6) is 0.779. The molecule has 3 heteroatoms. The Hall–Kier alpha value is -0.120. The highest BCUT2D eigenvalue weighted by molar-refractivity contribution is 4.91. The largest absolute Gasteiger partial charge is 0.375 e. The van der Waals surface area contributed by atoms with Crippen LogP contribution in [0.4, 0.5) is 0 Å². The van der Waals surface area contributed by atoms with E-state index in [0.29, 0.717) is 18.2 Å². The number of morpholine rings is 1. The van der Waals surface area contributed by atoms with Crippen LogP contribution < -0.4 is 5.73 Å². The van der Waals surface area contributed by atoms with E-state index in [2.05, 4.69) is 4.90 Å². The van der Waals surface area contributed by atoms with Crippen molar-refractivity contribution < 1.29 is 4.74 Å². The fourth-order valence-electron chi connectivity index (χ4n) is 4.21. The fourth-order valence-corrected chi connectivity index (χ4v) is 4.21. The van der Waals surface area contributed by atoms with Crippen LogP contribution in [-0.4, -0.2) is 42.8 Å². The van der Waals surface area contributed by atoms with Gasteiger partial charge in [-0.3, -0.25) is 4.90 Å². The zero-order valence-corrected chi connectivity index (χ0v) is 11.5. The van der Waals surface area contributed by atoms with Crippen molar-refractivity contribution in [1.82, 2.24) is 4.90 Å². The first kappa shape index (κ1) is 12.9. The average molecular weight is 252 g/mol. The molecule has 3 rings (SSSR count). The summed E-state index contributed by atoms with van der Waals surface area (Å²) >= 11 is 0. The number of hydrogen-bond acceptors (Lipinski definition) is 3. The van der Waals surface area contributed by atoms with Gasteiger partial charge in [-0.15, -0.1) is 0 Å². The molecule has 3 unspecified atom stereocenters. The molecule has 0 aromatic carbocycles. The Kier molecular flexibility index (Phi) is 4.22. The SMILES string of the molecule is NC(CN1CCOC2CCCC21)C1CCCCC1. The number of nitrogens with two attached hydrogens (primary N) is 1. The summed E-state index contributed by atoms with van der Waals surface area (Å²) in [6, 6.07) is 1.07. The van der Waals surface area contributed by atoms with Gasteiger partial charge in [0.05, 0.1) is 12.7 Å². The molecular formula is C15H28N2O. The summed E-state index contributed by atoms with van der Waals surface area (Å²) in [5.41, 5.74) is 6.48. The lowest BCUT2D eigenvalue weighted by atomic mass is 9.84. The first-order chi connectivity index (χ1) is 8.84. The molecule has 2 aliphatic carbocycles. The third-order valence-electron chi connectivity index (χ3n) is 5.30.